The highest BCUT2D eigenvalue weighted by atomic mass is 32.1. The van der Waals surface area contributed by atoms with Crippen molar-refractivity contribution in [2.24, 2.45) is 5.73 Å². The molecule has 18 heavy (non-hydrogen) atoms. The molecule has 0 amide bonds. The number of thiazole rings is 1. The highest BCUT2D eigenvalue weighted by Crippen LogP contribution is 2.23. The predicted molar refractivity (Wildman–Crippen MR) is 73.7 cm³/mol. The molecule has 3 rings (SSSR count). The van der Waals surface area contributed by atoms with E-state index in [2.05, 4.69) is 28.1 Å². The first kappa shape index (κ1) is 12.0. The van der Waals surface area contributed by atoms with E-state index in [0.717, 1.165) is 31.8 Å². The standard InChI is InChI=1S/C13H17N3OS/c14-7-10-8-16(5-6-17-10)9-13-15-11-3-1-2-4-12(11)18-13/h1-4,10H,5-9,14H2/t10-/m0/s1. The van der Waals surface area contributed by atoms with Crippen molar-refractivity contribution in [1.29, 1.82) is 0 Å². The van der Waals surface area contributed by atoms with Gasteiger partial charge in [0.2, 0.25) is 0 Å². The van der Waals surface area contributed by atoms with Gasteiger partial charge in [0, 0.05) is 19.6 Å². The van der Waals surface area contributed by atoms with Crippen LogP contribution < -0.4 is 5.73 Å². The molecule has 2 N–H and O–H groups in total. The largest absolute Gasteiger partial charge is 0.374 e. The van der Waals surface area contributed by atoms with Crippen LogP contribution in [0.1, 0.15) is 5.01 Å². The maximum atomic E-state index is 5.66. The van der Waals surface area contributed by atoms with Crippen LogP contribution in [0.2, 0.25) is 0 Å². The molecule has 0 radical (unpaired) electrons. The van der Waals surface area contributed by atoms with Crippen LogP contribution in [-0.2, 0) is 11.3 Å². The Hall–Kier alpha value is -1.01. The molecular formula is C13H17N3OS. The third kappa shape index (κ3) is 2.54. The molecule has 96 valence electrons. The Morgan fingerprint density at radius 1 is 1.44 bits per heavy atom. The van der Waals surface area contributed by atoms with Gasteiger partial charge in [0.1, 0.15) is 5.01 Å². The Balaban J connectivity index is 1.71. The Morgan fingerprint density at radius 2 is 2.33 bits per heavy atom. The molecule has 0 spiro atoms. The van der Waals surface area contributed by atoms with Crippen LogP contribution in [-0.4, -0.2) is 42.2 Å². The van der Waals surface area contributed by atoms with Crippen molar-refractivity contribution in [3.05, 3.63) is 29.3 Å². The molecule has 1 fully saturated rings. The van der Waals surface area contributed by atoms with Gasteiger partial charge in [0.15, 0.2) is 0 Å². The quantitative estimate of drug-likeness (QED) is 0.911. The van der Waals surface area contributed by atoms with Crippen LogP contribution in [0.25, 0.3) is 10.2 Å². The lowest BCUT2D eigenvalue weighted by molar-refractivity contribution is -0.0260. The van der Waals surface area contributed by atoms with Crippen molar-refractivity contribution < 1.29 is 4.74 Å². The fourth-order valence-corrected chi connectivity index (χ4v) is 3.26. The van der Waals surface area contributed by atoms with Gasteiger partial charge in [-0.25, -0.2) is 4.98 Å². The minimum absolute atomic E-state index is 0.174. The van der Waals surface area contributed by atoms with Crippen molar-refractivity contribution in [3.8, 4) is 0 Å². The van der Waals surface area contributed by atoms with E-state index in [9.17, 15) is 0 Å². The number of nitrogens with zero attached hydrogens (tertiary/aromatic N) is 2. The van der Waals surface area contributed by atoms with Crippen molar-refractivity contribution in [1.82, 2.24) is 9.88 Å². The van der Waals surface area contributed by atoms with Gasteiger partial charge in [0.05, 0.1) is 29.5 Å². The maximum Gasteiger partial charge on any atom is 0.108 e. The number of morpholine rings is 1. The summed E-state index contributed by atoms with van der Waals surface area (Å²) in [5, 5.41) is 1.17. The molecule has 4 nitrogen and oxygen atoms in total. The monoisotopic (exact) mass is 263 g/mol. The number of aromatic nitrogens is 1. The van der Waals surface area contributed by atoms with Gasteiger partial charge in [-0.1, -0.05) is 12.1 Å². The van der Waals surface area contributed by atoms with Gasteiger partial charge in [0.25, 0.3) is 0 Å². The number of rotatable bonds is 3. The summed E-state index contributed by atoms with van der Waals surface area (Å²) in [4.78, 5) is 7.04. The smallest absolute Gasteiger partial charge is 0.108 e. The molecular weight excluding hydrogens is 246 g/mol. The molecule has 1 aliphatic heterocycles. The number of ether oxygens (including phenoxy) is 1. The van der Waals surface area contributed by atoms with E-state index in [4.69, 9.17) is 10.5 Å². The minimum atomic E-state index is 0.174. The first-order valence-electron chi connectivity index (χ1n) is 6.23. The molecule has 1 saturated heterocycles. The van der Waals surface area contributed by atoms with E-state index in [1.165, 1.54) is 9.71 Å². The molecule has 1 atom stereocenters. The molecule has 0 aliphatic carbocycles. The van der Waals surface area contributed by atoms with Crippen molar-refractivity contribution in [2.45, 2.75) is 12.6 Å². The molecule has 2 aromatic rings. The third-order valence-electron chi connectivity index (χ3n) is 3.18. The minimum Gasteiger partial charge on any atom is -0.374 e. The Labute approximate surface area is 110 Å². The molecule has 5 heteroatoms. The summed E-state index contributed by atoms with van der Waals surface area (Å²) in [6.45, 7) is 4.14. The van der Waals surface area contributed by atoms with E-state index in [1.807, 2.05) is 6.07 Å². The maximum absolute atomic E-state index is 5.66. The number of benzene rings is 1. The van der Waals surface area contributed by atoms with E-state index in [-0.39, 0.29) is 6.10 Å². The number of nitrogens with two attached hydrogens (primary N) is 1. The summed E-state index contributed by atoms with van der Waals surface area (Å²) in [5.41, 5.74) is 6.75. The van der Waals surface area contributed by atoms with E-state index in [1.54, 1.807) is 11.3 Å². The SMILES string of the molecule is NC[C@H]1CN(Cc2nc3ccccc3s2)CCO1. The highest BCUT2D eigenvalue weighted by molar-refractivity contribution is 7.18. The Morgan fingerprint density at radius 3 is 3.17 bits per heavy atom. The van der Waals surface area contributed by atoms with Crippen molar-refractivity contribution in [2.75, 3.05) is 26.2 Å². The zero-order valence-corrected chi connectivity index (χ0v) is 11.0. The number of hydrogen-bond donors (Lipinski definition) is 1. The van der Waals surface area contributed by atoms with Crippen LogP contribution >= 0.6 is 11.3 Å². The normalized spacial score (nSPS) is 21.5. The molecule has 0 bridgehead atoms. The summed E-state index contributed by atoms with van der Waals surface area (Å²) in [6.07, 6.45) is 0.174. The first-order chi connectivity index (χ1) is 8.85. The van der Waals surface area contributed by atoms with Crippen molar-refractivity contribution in [3.63, 3.8) is 0 Å². The van der Waals surface area contributed by atoms with E-state index in [0.29, 0.717) is 6.54 Å². The molecule has 1 aliphatic rings. The van der Waals surface area contributed by atoms with Crippen LogP contribution in [0.4, 0.5) is 0 Å². The van der Waals surface area contributed by atoms with Crippen LogP contribution in [0.3, 0.4) is 0 Å². The second kappa shape index (κ2) is 5.32. The Bertz CT molecular complexity index is 495. The van der Waals surface area contributed by atoms with Gasteiger partial charge in [-0.15, -0.1) is 11.3 Å². The molecule has 0 unspecified atom stereocenters. The molecule has 1 aromatic carbocycles. The van der Waals surface area contributed by atoms with E-state index < -0.39 is 0 Å². The zero-order chi connectivity index (χ0) is 12.4. The second-order valence-corrected chi connectivity index (χ2v) is 5.65. The number of hydrogen-bond acceptors (Lipinski definition) is 5. The summed E-state index contributed by atoms with van der Waals surface area (Å²) >= 11 is 1.77. The molecule has 2 heterocycles. The van der Waals surface area contributed by atoms with Gasteiger partial charge >= 0.3 is 0 Å². The van der Waals surface area contributed by atoms with Gasteiger partial charge in [-0.3, -0.25) is 4.90 Å². The lowest BCUT2D eigenvalue weighted by Crippen LogP contribution is -2.45. The fraction of sp³-hybridized carbons (Fsp3) is 0.462. The summed E-state index contributed by atoms with van der Waals surface area (Å²) in [5.74, 6) is 0. The van der Waals surface area contributed by atoms with Crippen LogP contribution in [0.5, 0.6) is 0 Å². The Kier molecular flexibility index (Phi) is 3.56. The first-order valence-corrected chi connectivity index (χ1v) is 7.05. The summed E-state index contributed by atoms with van der Waals surface area (Å²) in [7, 11) is 0. The average molecular weight is 263 g/mol. The van der Waals surface area contributed by atoms with Crippen molar-refractivity contribution >= 4 is 21.6 Å². The number of fused-ring (bicyclic) bond motifs is 1. The second-order valence-electron chi connectivity index (χ2n) is 4.54. The fourth-order valence-electron chi connectivity index (χ4n) is 2.25. The van der Waals surface area contributed by atoms with Gasteiger partial charge in [-0.05, 0) is 12.1 Å². The van der Waals surface area contributed by atoms with Crippen LogP contribution in [0, 0.1) is 0 Å². The average Bonchev–Trinajstić information content (AvgIpc) is 2.81. The predicted octanol–water partition coefficient (Wildman–Crippen LogP) is 1.46. The molecule has 1 aromatic heterocycles. The molecule has 0 saturated carbocycles. The number of para-hydroxylation sites is 1. The van der Waals surface area contributed by atoms with Gasteiger partial charge in [-0.2, -0.15) is 0 Å². The lowest BCUT2D eigenvalue weighted by Gasteiger charge is -2.31. The van der Waals surface area contributed by atoms with Crippen LogP contribution in [0.15, 0.2) is 24.3 Å². The zero-order valence-electron chi connectivity index (χ0n) is 10.2. The topological polar surface area (TPSA) is 51.4 Å². The highest BCUT2D eigenvalue weighted by Gasteiger charge is 2.20. The summed E-state index contributed by atoms with van der Waals surface area (Å²) < 4.78 is 6.83. The third-order valence-corrected chi connectivity index (χ3v) is 4.20. The lowest BCUT2D eigenvalue weighted by atomic mass is 10.3. The van der Waals surface area contributed by atoms with Gasteiger partial charge < -0.3 is 10.5 Å². The van der Waals surface area contributed by atoms with E-state index >= 15 is 0 Å². The summed E-state index contributed by atoms with van der Waals surface area (Å²) in [6, 6.07) is 8.28.